The fraction of sp³-hybridized carbons (Fsp3) is 1.00. The van der Waals surface area contributed by atoms with Gasteiger partial charge in [-0.05, 0) is 0 Å². The first-order valence-electron chi connectivity index (χ1n) is 3.22. The molecule has 0 amide bonds. The van der Waals surface area contributed by atoms with E-state index in [0.29, 0.717) is 0 Å². The third-order valence-electron chi connectivity index (χ3n) is 1.30. The van der Waals surface area contributed by atoms with E-state index in [1.54, 1.807) is 0 Å². The molecule has 0 aliphatic carbocycles. The van der Waals surface area contributed by atoms with E-state index in [4.69, 9.17) is 9.29 Å². The van der Waals surface area contributed by atoms with Crippen LogP contribution in [-0.4, -0.2) is 19.2 Å². The average Bonchev–Trinajstić information content (AvgIpc) is 1.83. The molecule has 0 bridgehead atoms. The Bertz CT molecular complexity index is 63.5. The molecule has 0 aromatic carbocycles. The molecular formula is C6H13SSn. The molecule has 1 radical (unpaired) electrons. The second kappa shape index (κ2) is 6.14. The van der Waals surface area contributed by atoms with Gasteiger partial charge in [0.25, 0.3) is 0 Å². The molecule has 0 aromatic heterocycles. The molecule has 0 spiro atoms. The van der Waals surface area contributed by atoms with E-state index in [-0.39, 0.29) is 19.2 Å². The zero-order valence-corrected chi connectivity index (χ0v) is 9.28. The Balaban J connectivity index is 3.21. The summed E-state index contributed by atoms with van der Waals surface area (Å²) in [5.74, 6) is 0. The summed E-state index contributed by atoms with van der Waals surface area (Å²) in [7, 11) is 5.11. The quantitative estimate of drug-likeness (QED) is 0.676. The molecule has 0 aliphatic heterocycles. The molecule has 47 valence electrons. The van der Waals surface area contributed by atoms with Crippen molar-refractivity contribution in [2.24, 2.45) is 0 Å². The van der Waals surface area contributed by atoms with Crippen LogP contribution < -0.4 is 0 Å². The van der Waals surface area contributed by atoms with Crippen LogP contribution in [0.3, 0.4) is 0 Å². The van der Waals surface area contributed by atoms with Crippen molar-refractivity contribution < 1.29 is 0 Å². The molecule has 0 saturated carbocycles. The third-order valence-corrected chi connectivity index (χ3v) is 6.47. The standard InChI is InChI=1S/C6H13.S.Sn/c1-3-5-6-4-2;;/h5H,3-4,6H2,1-2H3;;. The molecule has 1 unspecified atom stereocenters. The molecule has 2 heteroatoms. The van der Waals surface area contributed by atoms with Crippen molar-refractivity contribution in [2.45, 2.75) is 37.0 Å². The van der Waals surface area contributed by atoms with Crippen LogP contribution in [-0.2, 0) is 0 Å². The van der Waals surface area contributed by atoms with E-state index >= 15 is 0 Å². The van der Waals surface area contributed by atoms with Gasteiger partial charge in [-0.3, -0.25) is 0 Å². The topological polar surface area (TPSA) is 0 Å². The predicted molar refractivity (Wildman–Crippen MR) is 42.3 cm³/mol. The fourth-order valence-electron chi connectivity index (χ4n) is 0.695. The van der Waals surface area contributed by atoms with Crippen LogP contribution in [0.5, 0.6) is 0 Å². The van der Waals surface area contributed by atoms with Crippen LogP contribution in [0.25, 0.3) is 0 Å². The molecule has 0 N–H and O–H groups in total. The van der Waals surface area contributed by atoms with Gasteiger partial charge in [0, 0.05) is 0 Å². The number of rotatable bonds is 4. The van der Waals surface area contributed by atoms with E-state index < -0.39 is 0 Å². The Morgan fingerprint density at radius 3 is 2.25 bits per heavy atom. The minimum absolute atomic E-state index is 0.335. The molecular weight excluding hydrogens is 223 g/mol. The molecule has 0 nitrogen and oxygen atoms in total. The molecule has 1 atom stereocenters. The fourth-order valence-corrected chi connectivity index (χ4v) is 4.24. The van der Waals surface area contributed by atoms with Gasteiger partial charge in [-0.2, -0.15) is 0 Å². The zero-order chi connectivity index (χ0) is 6.41. The number of hydrogen-bond acceptors (Lipinski definition) is 1. The van der Waals surface area contributed by atoms with Gasteiger partial charge in [-0.25, -0.2) is 0 Å². The predicted octanol–water partition coefficient (Wildman–Crippen LogP) is 2.80. The van der Waals surface area contributed by atoms with E-state index in [0.717, 1.165) is 3.93 Å². The van der Waals surface area contributed by atoms with Crippen molar-refractivity contribution in [3.8, 4) is 0 Å². The Kier molecular flexibility index (Phi) is 6.93. The second-order valence-electron chi connectivity index (χ2n) is 2.01. The van der Waals surface area contributed by atoms with E-state index in [1.165, 1.54) is 19.3 Å². The van der Waals surface area contributed by atoms with Gasteiger partial charge >= 0.3 is 65.5 Å². The summed E-state index contributed by atoms with van der Waals surface area (Å²) in [6.07, 6.45) is 4.06. The molecule has 0 saturated heterocycles. The van der Waals surface area contributed by atoms with E-state index in [2.05, 4.69) is 13.8 Å². The summed E-state index contributed by atoms with van der Waals surface area (Å²) in [5.41, 5.74) is 0. The summed E-state index contributed by atoms with van der Waals surface area (Å²) in [6.45, 7) is 4.50. The molecule has 0 rings (SSSR count). The Morgan fingerprint density at radius 2 is 2.12 bits per heavy atom. The maximum atomic E-state index is 5.11. The monoisotopic (exact) mass is 237 g/mol. The van der Waals surface area contributed by atoms with Crippen molar-refractivity contribution >= 4 is 28.5 Å². The molecule has 0 heterocycles. The van der Waals surface area contributed by atoms with Gasteiger partial charge in [0.2, 0.25) is 0 Å². The average molecular weight is 236 g/mol. The van der Waals surface area contributed by atoms with Gasteiger partial charge in [-0.1, -0.05) is 0 Å². The van der Waals surface area contributed by atoms with Crippen LogP contribution in [0.4, 0.5) is 0 Å². The first-order valence-corrected chi connectivity index (χ1v) is 8.78. The Morgan fingerprint density at radius 1 is 1.50 bits per heavy atom. The summed E-state index contributed by atoms with van der Waals surface area (Å²) in [4.78, 5) is 0. The second-order valence-corrected chi connectivity index (χ2v) is 6.60. The van der Waals surface area contributed by atoms with E-state index in [9.17, 15) is 0 Å². The third kappa shape index (κ3) is 3.95. The first kappa shape index (κ1) is 9.02. The Hall–Kier alpha value is 1.02. The molecule has 0 fully saturated rings. The van der Waals surface area contributed by atoms with Crippen LogP contribution >= 0.6 is 9.29 Å². The molecule has 8 heavy (non-hydrogen) atoms. The van der Waals surface area contributed by atoms with Gasteiger partial charge in [0.1, 0.15) is 0 Å². The van der Waals surface area contributed by atoms with Crippen molar-refractivity contribution in [2.75, 3.05) is 0 Å². The van der Waals surface area contributed by atoms with Crippen molar-refractivity contribution in [3.05, 3.63) is 0 Å². The van der Waals surface area contributed by atoms with Gasteiger partial charge in [0.05, 0.1) is 0 Å². The van der Waals surface area contributed by atoms with Gasteiger partial charge in [-0.15, -0.1) is 0 Å². The van der Waals surface area contributed by atoms with Crippen LogP contribution in [0.15, 0.2) is 0 Å². The molecule has 0 aromatic rings. The summed E-state index contributed by atoms with van der Waals surface area (Å²) >= 11 is -0.335. The summed E-state index contributed by atoms with van der Waals surface area (Å²) in [5, 5.41) is 0. The Labute approximate surface area is 65.4 Å². The van der Waals surface area contributed by atoms with E-state index in [1.807, 2.05) is 0 Å². The van der Waals surface area contributed by atoms with Gasteiger partial charge in [0.15, 0.2) is 0 Å². The number of hydrogen-bond donors (Lipinski definition) is 0. The molecule has 0 aliphatic rings. The summed E-state index contributed by atoms with van der Waals surface area (Å²) < 4.78 is 0.985. The minimum atomic E-state index is -0.335. The first-order chi connectivity index (χ1) is 3.85. The van der Waals surface area contributed by atoms with Crippen molar-refractivity contribution in [3.63, 3.8) is 0 Å². The normalized spacial score (nSPS) is 13.2. The van der Waals surface area contributed by atoms with Crippen molar-refractivity contribution in [1.29, 1.82) is 0 Å². The zero-order valence-electron chi connectivity index (χ0n) is 5.61. The van der Waals surface area contributed by atoms with Crippen LogP contribution in [0.1, 0.15) is 33.1 Å². The van der Waals surface area contributed by atoms with Crippen molar-refractivity contribution in [1.82, 2.24) is 0 Å². The van der Waals surface area contributed by atoms with Gasteiger partial charge < -0.3 is 0 Å². The van der Waals surface area contributed by atoms with Crippen LogP contribution in [0, 0.1) is 0 Å². The SMILES string of the molecule is CCC[CH](CC)[Sn]=[S]. The van der Waals surface area contributed by atoms with Crippen LogP contribution in [0.2, 0.25) is 3.93 Å². The summed E-state index contributed by atoms with van der Waals surface area (Å²) in [6, 6.07) is 0. The maximum absolute atomic E-state index is 5.11.